The molecule has 2 atom stereocenters. The number of hydrogen-bond acceptors (Lipinski definition) is 3. The summed E-state index contributed by atoms with van der Waals surface area (Å²) in [5, 5.41) is 0. The Balaban J connectivity index is 2.11. The van der Waals surface area contributed by atoms with E-state index in [-0.39, 0.29) is 5.54 Å². The van der Waals surface area contributed by atoms with Gasteiger partial charge in [-0.3, -0.25) is 4.90 Å². The molecule has 0 bridgehead atoms. The minimum absolute atomic E-state index is 0.282. The van der Waals surface area contributed by atoms with Gasteiger partial charge in [0.2, 0.25) is 0 Å². The van der Waals surface area contributed by atoms with E-state index >= 15 is 0 Å². The summed E-state index contributed by atoms with van der Waals surface area (Å²) >= 11 is 0. The van der Waals surface area contributed by atoms with Crippen LogP contribution in [-0.2, 0) is 0 Å². The first-order valence-electron chi connectivity index (χ1n) is 9.34. The zero-order chi connectivity index (χ0) is 15.3. The van der Waals surface area contributed by atoms with Crippen molar-refractivity contribution in [3.05, 3.63) is 0 Å². The first-order valence-corrected chi connectivity index (χ1v) is 9.34. The Bertz CT molecular complexity index is 303. The minimum Gasteiger partial charge on any atom is -0.329 e. The standard InChI is InChI=1S/C18H37N3/c1-4-8-17-9-5-6-13-21(17)18(15-19)10-7-12-20(14-11-18)16(2)3/h16-17H,4-15,19H2,1-3H3. The number of rotatable bonds is 5. The average molecular weight is 296 g/mol. The van der Waals surface area contributed by atoms with Crippen LogP contribution in [0.3, 0.4) is 0 Å². The molecular formula is C18H37N3. The highest BCUT2D eigenvalue weighted by atomic mass is 15.3. The lowest BCUT2D eigenvalue weighted by Gasteiger charge is -2.50. The molecular weight excluding hydrogens is 258 g/mol. The molecule has 0 aliphatic carbocycles. The molecule has 0 aromatic carbocycles. The fourth-order valence-corrected chi connectivity index (χ4v) is 4.58. The van der Waals surface area contributed by atoms with E-state index < -0.39 is 0 Å². The van der Waals surface area contributed by atoms with Crippen molar-refractivity contribution in [3.63, 3.8) is 0 Å². The van der Waals surface area contributed by atoms with Crippen molar-refractivity contribution >= 4 is 0 Å². The lowest BCUT2D eigenvalue weighted by atomic mass is 9.83. The van der Waals surface area contributed by atoms with Crippen molar-refractivity contribution < 1.29 is 0 Å². The van der Waals surface area contributed by atoms with Gasteiger partial charge in [-0.15, -0.1) is 0 Å². The van der Waals surface area contributed by atoms with Gasteiger partial charge in [0.15, 0.2) is 0 Å². The Labute approximate surface area is 132 Å². The van der Waals surface area contributed by atoms with Crippen LogP contribution in [0.4, 0.5) is 0 Å². The second-order valence-corrected chi connectivity index (χ2v) is 7.54. The maximum atomic E-state index is 6.36. The van der Waals surface area contributed by atoms with Gasteiger partial charge in [0.05, 0.1) is 0 Å². The van der Waals surface area contributed by atoms with Gasteiger partial charge in [-0.25, -0.2) is 0 Å². The molecule has 0 amide bonds. The van der Waals surface area contributed by atoms with Gasteiger partial charge >= 0.3 is 0 Å². The summed E-state index contributed by atoms with van der Waals surface area (Å²) in [6.07, 6.45) is 10.7. The highest BCUT2D eigenvalue weighted by molar-refractivity contribution is 4.98. The summed E-state index contributed by atoms with van der Waals surface area (Å²) in [5.74, 6) is 0. The SMILES string of the molecule is CCCC1CCCCN1C1(CN)CCCN(C(C)C)CC1. The molecule has 124 valence electrons. The van der Waals surface area contributed by atoms with E-state index in [1.54, 1.807) is 0 Å². The van der Waals surface area contributed by atoms with Crippen LogP contribution in [0.25, 0.3) is 0 Å². The zero-order valence-corrected chi connectivity index (χ0v) is 14.6. The Morgan fingerprint density at radius 2 is 1.90 bits per heavy atom. The van der Waals surface area contributed by atoms with Crippen molar-refractivity contribution in [1.82, 2.24) is 9.80 Å². The quantitative estimate of drug-likeness (QED) is 0.845. The van der Waals surface area contributed by atoms with Gasteiger partial charge in [-0.2, -0.15) is 0 Å². The van der Waals surface area contributed by atoms with Crippen LogP contribution in [0.2, 0.25) is 0 Å². The van der Waals surface area contributed by atoms with Gasteiger partial charge in [0, 0.05) is 30.7 Å². The van der Waals surface area contributed by atoms with Gasteiger partial charge in [0.25, 0.3) is 0 Å². The molecule has 2 saturated heterocycles. The predicted octanol–water partition coefficient (Wildman–Crippen LogP) is 3.23. The molecule has 2 aliphatic rings. The zero-order valence-electron chi connectivity index (χ0n) is 14.6. The smallest absolute Gasteiger partial charge is 0.0347 e. The highest BCUT2D eigenvalue weighted by Crippen LogP contribution is 2.35. The third kappa shape index (κ3) is 4.00. The molecule has 2 heterocycles. The average Bonchev–Trinajstić information content (AvgIpc) is 2.71. The van der Waals surface area contributed by atoms with E-state index in [0.29, 0.717) is 6.04 Å². The molecule has 0 saturated carbocycles. The molecule has 0 radical (unpaired) electrons. The molecule has 2 fully saturated rings. The summed E-state index contributed by atoms with van der Waals surface area (Å²) in [7, 11) is 0. The number of nitrogens with zero attached hydrogens (tertiary/aromatic N) is 2. The molecule has 3 heteroatoms. The summed E-state index contributed by atoms with van der Waals surface area (Å²) in [6, 6.07) is 1.46. The van der Waals surface area contributed by atoms with E-state index in [9.17, 15) is 0 Å². The number of nitrogens with two attached hydrogens (primary N) is 1. The van der Waals surface area contributed by atoms with Crippen LogP contribution in [0, 0.1) is 0 Å². The Morgan fingerprint density at radius 3 is 2.57 bits per heavy atom. The molecule has 2 unspecified atom stereocenters. The molecule has 2 aliphatic heterocycles. The van der Waals surface area contributed by atoms with Crippen LogP contribution >= 0.6 is 0 Å². The molecule has 2 N–H and O–H groups in total. The molecule has 21 heavy (non-hydrogen) atoms. The lowest BCUT2D eigenvalue weighted by Crippen LogP contribution is -2.59. The van der Waals surface area contributed by atoms with Gasteiger partial charge in [-0.1, -0.05) is 19.8 Å². The maximum Gasteiger partial charge on any atom is 0.0347 e. The molecule has 0 aromatic heterocycles. The summed E-state index contributed by atoms with van der Waals surface area (Å²) < 4.78 is 0. The largest absolute Gasteiger partial charge is 0.329 e. The fraction of sp³-hybridized carbons (Fsp3) is 1.00. The van der Waals surface area contributed by atoms with Gasteiger partial charge in [0.1, 0.15) is 0 Å². The predicted molar refractivity (Wildman–Crippen MR) is 91.6 cm³/mol. The second kappa shape index (κ2) is 7.94. The highest BCUT2D eigenvalue weighted by Gasteiger charge is 2.41. The van der Waals surface area contributed by atoms with E-state index in [4.69, 9.17) is 5.73 Å². The van der Waals surface area contributed by atoms with Crippen molar-refractivity contribution in [2.24, 2.45) is 5.73 Å². The minimum atomic E-state index is 0.282. The van der Waals surface area contributed by atoms with Crippen LogP contribution in [0.5, 0.6) is 0 Å². The topological polar surface area (TPSA) is 32.5 Å². The number of likely N-dealkylation sites (tertiary alicyclic amines) is 2. The Morgan fingerprint density at radius 1 is 1.10 bits per heavy atom. The Kier molecular flexibility index (Phi) is 6.51. The van der Waals surface area contributed by atoms with Crippen LogP contribution < -0.4 is 5.73 Å². The van der Waals surface area contributed by atoms with Gasteiger partial charge in [-0.05, 0) is 65.5 Å². The summed E-state index contributed by atoms with van der Waals surface area (Å²) in [4.78, 5) is 5.50. The van der Waals surface area contributed by atoms with Gasteiger partial charge < -0.3 is 10.6 Å². The monoisotopic (exact) mass is 295 g/mol. The first kappa shape index (κ1) is 17.2. The molecule has 0 aromatic rings. The normalized spacial score (nSPS) is 33.3. The number of hydrogen-bond donors (Lipinski definition) is 1. The summed E-state index contributed by atoms with van der Waals surface area (Å²) in [6.45, 7) is 11.6. The third-order valence-electron chi connectivity index (χ3n) is 5.92. The van der Waals surface area contributed by atoms with E-state index in [0.717, 1.165) is 12.6 Å². The fourth-order valence-electron chi connectivity index (χ4n) is 4.58. The van der Waals surface area contributed by atoms with E-state index in [1.165, 1.54) is 71.0 Å². The third-order valence-corrected chi connectivity index (χ3v) is 5.92. The lowest BCUT2D eigenvalue weighted by molar-refractivity contribution is 0.00733. The van der Waals surface area contributed by atoms with Crippen molar-refractivity contribution in [3.8, 4) is 0 Å². The van der Waals surface area contributed by atoms with E-state index in [1.807, 2.05) is 0 Å². The van der Waals surface area contributed by atoms with Crippen LogP contribution in [0.15, 0.2) is 0 Å². The van der Waals surface area contributed by atoms with Crippen molar-refractivity contribution in [2.45, 2.75) is 89.8 Å². The molecule has 3 nitrogen and oxygen atoms in total. The second-order valence-electron chi connectivity index (χ2n) is 7.54. The van der Waals surface area contributed by atoms with Crippen molar-refractivity contribution in [2.75, 3.05) is 26.2 Å². The summed E-state index contributed by atoms with van der Waals surface area (Å²) in [5.41, 5.74) is 6.64. The Hall–Kier alpha value is -0.120. The van der Waals surface area contributed by atoms with Crippen molar-refractivity contribution in [1.29, 1.82) is 0 Å². The van der Waals surface area contributed by atoms with Crippen LogP contribution in [-0.4, -0.2) is 53.6 Å². The number of piperidine rings is 1. The molecule has 2 rings (SSSR count). The first-order chi connectivity index (χ1) is 10.1. The molecule has 0 spiro atoms. The van der Waals surface area contributed by atoms with E-state index in [2.05, 4.69) is 30.6 Å². The maximum absolute atomic E-state index is 6.36. The van der Waals surface area contributed by atoms with Crippen LogP contribution in [0.1, 0.15) is 72.1 Å².